The van der Waals surface area contributed by atoms with Crippen LogP contribution in [0.2, 0.25) is 0 Å². The van der Waals surface area contributed by atoms with Crippen molar-refractivity contribution in [1.29, 1.82) is 0 Å². The van der Waals surface area contributed by atoms with Crippen molar-refractivity contribution < 1.29 is 9.13 Å². The van der Waals surface area contributed by atoms with Gasteiger partial charge in [0.05, 0.1) is 25.8 Å². The summed E-state index contributed by atoms with van der Waals surface area (Å²) >= 11 is 0. The average molecular weight is 442 g/mol. The van der Waals surface area contributed by atoms with E-state index < -0.39 is 0 Å². The fourth-order valence-corrected chi connectivity index (χ4v) is 3.85. The third kappa shape index (κ3) is 7.29. The third-order valence-corrected chi connectivity index (χ3v) is 5.71. The molecular formula is C25H36FN5O. The summed E-state index contributed by atoms with van der Waals surface area (Å²) in [5.41, 5.74) is 3.61. The zero-order valence-corrected chi connectivity index (χ0v) is 19.5. The molecule has 32 heavy (non-hydrogen) atoms. The first kappa shape index (κ1) is 24.2. The van der Waals surface area contributed by atoms with Crippen LogP contribution in [0.3, 0.4) is 0 Å². The molecule has 0 saturated carbocycles. The van der Waals surface area contributed by atoms with E-state index in [-0.39, 0.29) is 11.9 Å². The largest absolute Gasteiger partial charge is 0.379 e. The Labute approximate surface area is 191 Å². The van der Waals surface area contributed by atoms with Gasteiger partial charge in [0.25, 0.3) is 0 Å². The molecule has 1 heterocycles. The summed E-state index contributed by atoms with van der Waals surface area (Å²) in [7, 11) is 4.06. The second kappa shape index (κ2) is 12.5. The lowest BCUT2D eigenvalue weighted by Gasteiger charge is -2.27. The molecule has 1 atom stereocenters. The number of halogens is 1. The molecule has 2 aromatic carbocycles. The van der Waals surface area contributed by atoms with Crippen LogP contribution in [0.5, 0.6) is 0 Å². The molecule has 1 aliphatic heterocycles. The zero-order chi connectivity index (χ0) is 22.8. The summed E-state index contributed by atoms with van der Waals surface area (Å²) in [5.74, 6) is 0.562. The first-order valence-electron chi connectivity index (χ1n) is 11.4. The Morgan fingerprint density at radius 3 is 2.41 bits per heavy atom. The van der Waals surface area contributed by atoms with Gasteiger partial charge in [-0.1, -0.05) is 36.4 Å². The normalized spacial score (nSPS) is 16.2. The summed E-state index contributed by atoms with van der Waals surface area (Å²) in [5, 5.41) is 6.80. The van der Waals surface area contributed by atoms with Gasteiger partial charge in [-0.2, -0.15) is 0 Å². The Morgan fingerprint density at radius 1 is 1.06 bits per heavy atom. The van der Waals surface area contributed by atoms with Crippen LogP contribution in [0.25, 0.3) is 0 Å². The number of nitrogens with zero attached hydrogens (tertiary/aromatic N) is 3. The third-order valence-electron chi connectivity index (χ3n) is 5.71. The van der Waals surface area contributed by atoms with Crippen molar-refractivity contribution in [2.24, 2.45) is 4.99 Å². The van der Waals surface area contributed by atoms with Gasteiger partial charge in [-0.15, -0.1) is 0 Å². The molecule has 1 fully saturated rings. The van der Waals surface area contributed by atoms with Crippen molar-refractivity contribution in [3.63, 3.8) is 0 Å². The number of guanidine groups is 1. The van der Waals surface area contributed by atoms with E-state index in [0.29, 0.717) is 13.1 Å². The topological polar surface area (TPSA) is 52.1 Å². The molecule has 2 N–H and O–H groups in total. The lowest BCUT2D eigenvalue weighted by atomic mass is 10.1. The highest BCUT2D eigenvalue weighted by Crippen LogP contribution is 2.18. The van der Waals surface area contributed by atoms with Crippen LogP contribution in [-0.2, 0) is 17.8 Å². The average Bonchev–Trinajstić information content (AvgIpc) is 2.80. The maximum atomic E-state index is 13.3. The van der Waals surface area contributed by atoms with Crippen LogP contribution in [-0.4, -0.2) is 69.2 Å². The second-order valence-electron chi connectivity index (χ2n) is 8.26. The molecule has 0 radical (unpaired) electrons. The number of hydrogen-bond acceptors (Lipinski definition) is 4. The van der Waals surface area contributed by atoms with Gasteiger partial charge in [-0.05, 0) is 49.8 Å². The Bertz CT molecular complexity index is 850. The van der Waals surface area contributed by atoms with Gasteiger partial charge in [0.15, 0.2) is 5.96 Å². The van der Waals surface area contributed by atoms with E-state index in [1.165, 1.54) is 23.3 Å². The fraction of sp³-hybridized carbons (Fsp3) is 0.480. The minimum atomic E-state index is -0.218. The Kier molecular flexibility index (Phi) is 9.46. The summed E-state index contributed by atoms with van der Waals surface area (Å²) < 4.78 is 18.8. The van der Waals surface area contributed by atoms with Crippen LogP contribution in [0, 0.1) is 5.82 Å². The van der Waals surface area contributed by atoms with E-state index in [4.69, 9.17) is 9.73 Å². The van der Waals surface area contributed by atoms with Crippen molar-refractivity contribution in [2.45, 2.75) is 26.1 Å². The van der Waals surface area contributed by atoms with Gasteiger partial charge in [0.1, 0.15) is 5.82 Å². The van der Waals surface area contributed by atoms with Crippen molar-refractivity contribution in [2.75, 3.05) is 53.5 Å². The molecule has 3 rings (SSSR count). The molecule has 1 aliphatic rings. The minimum absolute atomic E-state index is 0.105. The summed E-state index contributed by atoms with van der Waals surface area (Å²) in [6.07, 6.45) is 0. The number of nitrogens with one attached hydrogen (secondary N) is 2. The van der Waals surface area contributed by atoms with Crippen molar-refractivity contribution in [3.8, 4) is 0 Å². The lowest BCUT2D eigenvalue weighted by Crippen LogP contribution is -2.41. The van der Waals surface area contributed by atoms with Crippen LogP contribution in [0.1, 0.15) is 29.7 Å². The summed E-state index contributed by atoms with van der Waals surface area (Å²) in [6, 6.07) is 15.3. The molecular weight excluding hydrogens is 405 g/mol. The number of rotatable bonds is 9. The monoisotopic (exact) mass is 441 g/mol. The molecule has 0 amide bonds. The zero-order valence-electron chi connectivity index (χ0n) is 19.5. The van der Waals surface area contributed by atoms with Crippen LogP contribution < -0.4 is 10.6 Å². The van der Waals surface area contributed by atoms with E-state index in [0.717, 1.165) is 50.9 Å². The SMILES string of the molecule is CCNC(=NCc1ccccc1CN1CCOCC1)NCC(c1ccc(F)cc1)N(C)C. The van der Waals surface area contributed by atoms with Crippen molar-refractivity contribution in [1.82, 2.24) is 20.4 Å². The highest BCUT2D eigenvalue weighted by Gasteiger charge is 2.15. The minimum Gasteiger partial charge on any atom is -0.379 e. The standard InChI is InChI=1S/C25H36FN5O/c1-4-27-25(29-18-24(30(2)3)20-9-11-23(26)12-10-20)28-17-21-7-5-6-8-22(21)19-31-13-15-32-16-14-31/h5-12,24H,4,13-19H2,1-3H3,(H2,27,28,29). The molecule has 7 heteroatoms. The van der Waals surface area contributed by atoms with Gasteiger partial charge in [0, 0.05) is 32.7 Å². The van der Waals surface area contributed by atoms with Crippen molar-refractivity contribution >= 4 is 5.96 Å². The summed E-state index contributed by atoms with van der Waals surface area (Å²) in [6.45, 7) is 8.59. The predicted molar refractivity (Wildman–Crippen MR) is 128 cm³/mol. The maximum absolute atomic E-state index is 13.3. The maximum Gasteiger partial charge on any atom is 0.191 e. The van der Waals surface area contributed by atoms with E-state index in [9.17, 15) is 4.39 Å². The van der Waals surface area contributed by atoms with Gasteiger partial charge in [-0.25, -0.2) is 9.38 Å². The fourth-order valence-electron chi connectivity index (χ4n) is 3.85. The smallest absolute Gasteiger partial charge is 0.191 e. The van der Waals surface area contributed by atoms with Crippen LogP contribution in [0.4, 0.5) is 4.39 Å². The van der Waals surface area contributed by atoms with E-state index in [1.807, 2.05) is 26.2 Å². The number of likely N-dealkylation sites (N-methyl/N-ethyl adjacent to an activating group) is 1. The van der Waals surface area contributed by atoms with Gasteiger partial charge in [0.2, 0.25) is 0 Å². The highest BCUT2D eigenvalue weighted by molar-refractivity contribution is 5.79. The molecule has 6 nitrogen and oxygen atoms in total. The highest BCUT2D eigenvalue weighted by atomic mass is 19.1. The van der Waals surface area contributed by atoms with E-state index in [1.54, 1.807) is 0 Å². The first-order chi connectivity index (χ1) is 15.6. The molecule has 1 saturated heterocycles. The molecule has 0 spiro atoms. The number of hydrogen-bond donors (Lipinski definition) is 2. The lowest BCUT2D eigenvalue weighted by molar-refractivity contribution is 0.0341. The quantitative estimate of drug-likeness (QED) is 0.463. The Morgan fingerprint density at radius 2 is 1.75 bits per heavy atom. The summed E-state index contributed by atoms with van der Waals surface area (Å²) in [4.78, 5) is 9.41. The molecule has 2 aromatic rings. The Balaban J connectivity index is 1.66. The number of benzene rings is 2. The van der Waals surface area contributed by atoms with Crippen LogP contribution >= 0.6 is 0 Å². The number of ether oxygens (including phenoxy) is 1. The molecule has 0 aromatic heterocycles. The van der Waals surface area contributed by atoms with Crippen LogP contribution in [0.15, 0.2) is 53.5 Å². The molecule has 174 valence electrons. The van der Waals surface area contributed by atoms with Crippen molar-refractivity contribution in [3.05, 3.63) is 71.0 Å². The number of morpholine rings is 1. The van der Waals surface area contributed by atoms with Gasteiger partial charge >= 0.3 is 0 Å². The first-order valence-corrected chi connectivity index (χ1v) is 11.4. The van der Waals surface area contributed by atoms with Gasteiger partial charge in [-0.3, -0.25) is 4.90 Å². The van der Waals surface area contributed by atoms with E-state index >= 15 is 0 Å². The van der Waals surface area contributed by atoms with Gasteiger partial charge < -0.3 is 20.3 Å². The Hall–Kier alpha value is -2.48. The second-order valence-corrected chi connectivity index (χ2v) is 8.26. The molecule has 1 unspecified atom stereocenters. The van der Waals surface area contributed by atoms with E-state index in [2.05, 4.69) is 51.6 Å². The molecule has 0 bridgehead atoms. The predicted octanol–water partition coefficient (Wildman–Crippen LogP) is 3.02. The number of aliphatic imine (C=N–C) groups is 1. The molecule has 0 aliphatic carbocycles.